The Hall–Kier alpha value is -1.40. The van der Waals surface area contributed by atoms with Crippen LogP contribution in [0.2, 0.25) is 0 Å². The predicted octanol–water partition coefficient (Wildman–Crippen LogP) is 0.625. The Kier molecular flexibility index (Phi) is 5.14. The second kappa shape index (κ2) is 6.85. The fourth-order valence-corrected chi connectivity index (χ4v) is 2.51. The Morgan fingerprint density at radius 1 is 1.65 bits per heavy atom. The van der Waals surface area contributed by atoms with Gasteiger partial charge in [0.1, 0.15) is 11.5 Å². The number of aryl methyl sites for hydroxylation is 1. The number of rotatable bonds is 6. The predicted molar refractivity (Wildman–Crippen MR) is 76.2 cm³/mol. The molecule has 1 amide bonds. The molecular formula is C14H24N4O2. The van der Waals surface area contributed by atoms with Crippen LogP contribution in [-0.2, 0) is 11.3 Å². The standard InChI is InChI=1S/C14H24N4O2/c1-11-8-12(16-20-11)9-15-14(19)5-7-18(3)13-4-6-17(2)10-13/h8,13H,4-7,9-10H2,1-3H3,(H,15,19). The van der Waals surface area contributed by atoms with E-state index >= 15 is 0 Å². The van der Waals surface area contributed by atoms with Gasteiger partial charge in [0.15, 0.2) is 0 Å². The number of carbonyl (C=O) groups excluding carboxylic acids is 1. The number of likely N-dealkylation sites (N-methyl/N-ethyl adjacent to an activating group) is 2. The molecule has 0 aliphatic carbocycles. The summed E-state index contributed by atoms with van der Waals surface area (Å²) in [6.07, 6.45) is 1.71. The van der Waals surface area contributed by atoms with E-state index in [1.165, 1.54) is 6.42 Å². The van der Waals surface area contributed by atoms with Crippen molar-refractivity contribution in [3.63, 3.8) is 0 Å². The van der Waals surface area contributed by atoms with Crippen molar-refractivity contribution in [2.75, 3.05) is 33.7 Å². The molecule has 1 N–H and O–H groups in total. The molecule has 6 heteroatoms. The quantitative estimate of drug-likeness (QED) is 0.828. The zero-order chi connectivity index (χ0) is 14.5. The van der Waals surface area contributed by atoms with Gasteiger partial charge in [-0.2, -0.15) is 0 Å². The van der Waals surface area contributed by atoms with Crippen molar-refractivity contribution in [3.8, 4) is 0 Å². The molecule has 0 spiro atoms. The fourth-order valence-electron chi connectivity index (χ4n) is 2.51. The summed E-state index contributed by atoms with van der Waals surface area (Å²) >= 11 is 0. The Morgan fingerprint density at radius 2 is 2.45 bits per heavy atom. The maximum Gasteiger partial charge on any atom is 0.221 e. The molecule has 1 atom stereocenters. The zero-order valence-corrected chi connectivity index (χ0v) is 12.6. The zero-order valence-electron chi connectivity index (χ0n) is 12.6. The number of aromatic nitrogens is 1. The monoisotopic (exact) mass is 280 g/mol. The topological polar surface area (TPSA) is 61.6 Å². The van der Waals surface area contributed by atoms with Crippen LogP contribution in [-0.4, -0.2) is 60.6 Å². The highest BCUT2D eigenvalue weighted by molar-refractivity contribution is 5.75. The minimum absolute atomic E-state index is 0.0591. The summed E-state index contributed by atoms with van der Waals surface area (Å²) in [6, 6.07) is 2.41. The minimum Gasteiger partial charge on any atom is -0.361 e. The third-order valence-electron chi connectivity index (χ3n) is 3.82. The van der Waals surface area contributed by atoms with E-state index in [-0.39, 0.29) is 5.91 Å². The lowest BCUT2D eigenvalue weighted by Gasteiger charge is -2.23. The molecule has 0 aromatic carbocycles. The first-order chi connectivity index (χ1) is 9.54. The average Bonchev–Trinajstić information content (AvgIpc) is 3.02. The van der Waals surface area contributed by atoms with Crippen LogP contribution >= 0.6 is 0 Å². The molecule has 1 unspecified atom stereocenters. The molecule has 6 nitrogen and oxygen atoms in total. The number of nitrogens with zero attached hydrogens (tertiary/aromatic N) is 3. The van der Waals surface area contributed by atoms with Gasteiger partial charge in [0.2, 0.25) is 5.91 Å². The van der Waals surface area contributed by atoms with E-state index in [1.54, 1.807) is 0 Å². The molecule has 20 heavy (non-hydrogen) atoms. The number of hydrogen-bond donors (Lipinski definition) is 1. The fraction of sp³-hybridized carbons (Fsp3) is 0.714. The molecule has 1 aliphatic rings. The summed E-state index contributed by atoms with van der Waals surface area (Å²) in [4.78, 5) is 16.4. The van der Waals surface area contributed by atoms with Gasteiger partial charge in [-0.25, -0.2) is 0 Å². The largest absolute Gasteiger partial charge is 0.361 e. The third kappa shape index (κ3) is 4.31. The van der Waals surface area contributed by atoms with Gasteiger partial charge >= 0.3 is 0 Å². The van der Waals surface area contributed by atoms with E-state index < -0.39 is 0 Å². The minimum atomic E-state index is 0.0591. The van der Waals surface area contributed by atoms with Crippen LogP contribution in [0.4, 0.5) is 0 Å². The highest BCUT2D eigenvalue weighted by Crippen LogP contribution is 2.12. The van der Waals surface area contributed by atoms with Crippen molar-refractivity contribution >= 4 is 5.91 Å². The van der Waals surface area contributed by atoms with Crippen LogP contribution < -0.4 is 5.32 Å². The molecule has 2 heterocycles. The molecule has 0 radical (unpaired) electrons. The van der Waals surface area contributed by atoms with E-state index in [4.69, 9.17) is 4.52 Å². The molecule has 1 saturated heterocycles. The van der Waals surface area contributed by atoms with Gasteiger partial charge in [0.25, 0.3) is 0 Å². The van der Waals surface area contributed by atoms with Gasteiger partial charge in [0, 0.05) is 31.6 Å². The third-order valence-corrected chi connectivity index (χ3v) is 3.82. The van der Waals surface area contributed by atoms with Gasteiger partial charge in [-0.3, -0.25) is 4.79 Å². The van der Waals surface area contributed by atoms with E-state index in [2.05, 4.69) is 34.4 Å². The first kappa shape index (κ1) is 15.0. The summed E-state index contributed by atoms with van der Waals surface area (Å²) in [7, 11) is 4.23. The Morgan fingerprint density at radius 3 is 3.05 bits per heavy atom. The first-order valence-corrected chi connectivity index (χ1v) is 7.12. The molecule has 0 bridgehead atoms. The van der Waals surface area contributed by atoms with E-state index in [0.717, 1.165) is 31.1 Å². The van der Waals surface area contributed by atoms with Gasteiger partial charge in [-0.1, -0.05) is 5.16 Å². The molecule has 1 aliphatic heterocycles. The molecule has 112 valence electrons. The Labute approximate surface area is 120 Å². The highest BCUT2D eigenvalue weighted by Gasteiger charge is 2.23. The number of amides is 1. The molecular weight excluding hydrogens is 256 g/mol. The molecule has 2 rings (SSSR count). The first-order valence-electron chi connectivity index (χ1n) is 7.12. The van der Waals surface area contributed by atoms with Crippen LogP contribution in [0, 0.1) is 6.92 Å². The van der Waals surface area contributed by atoms with Gasteiger partial charge in [0.05, 0.1) is 6.54 Å². The molecule has 1 aromatic heterocycles. The van der Waals surface area contributed by atoms with Crippen molar-refractivity contribution in [1.29, 1.82) is 0 Å². The average molecular weight is 280 g/mol. The van der Waals surface area contributed by atoms with Crippen LogP contribution in [0.1, 0.15) is 24.3 Å². The van der Waals surface area contributed by atoms with Crippen molar-refractivity contribution in [3.05, 3.63) is 17.5 Å². The number of carbonyl (C=O) groups is 1. The second-order valence-corrected chi connectivity index (χ2v) is 5.64. The summed E-state index contributed by atoms with van der Waals surface area (Å²) < 4.78 is 4.96. The lowest BCUT2D eigenvalue weighted by atomic mass is 10.2. The number of likely N-dealkylation sites (tertiary alicyclic amines) is 1. The summed E-state index contributed by atoms with van der Waals surface area (Å²) in [5.74, 6) is 0.822. The van der Waals surface area contributed by atoms with Crippen molar-refractivity contribution in [2.24, 2.45) is 0 Å². The van der Waals surface area contributed by atoms with Crippen LogP contribution in [0.25, 0.3) is 0 Å². The van der Waals surface area contributed by atoms with E-state index in [9.17, 15) is 4.79 Å². The van der Waals surface area contributed by atoms with Crippen LogP contribution in [0.5, 0.6) is 0 Å². The van der Waals surface area contributed by atoms with Gasteiger partial charge in [-0.15, -0.1) is 0 Å². The SMILES string of the molecule is Cc1cc(CNC(=O)CCN(C)C2CCN(C)C2)no1. The molecule has 1 fully saturated rings. The number of hydrogen-bond acceptors (Lipinski definition) is 5. The van der Waals surface area contributed by atoms with Crippen molar-refractivity contribution in [1.82, 2.24) is 20.3 Å². The lowest BCUT2D eigenvalue weighted by molar-refractivity contribution is -0.121. The Balaban J connectivity index is 1.64. The smallest absolute Gasteiger partial charge is 0.221 e. The van der Waals surface area contributed by atoms with Gasteiger partial charge < -0.3 is 19.6 Å². The van der Waals surface area contributed by atoms with Crippen molar-refractivity contribution < 1.29 is 9.32 Å². The lowest BCUT2D eigenvalue weighted by Crippen LogP contribution is -2.36. The van der Waals surface area contributed by atoms with Crippen molar-refractivity contribution in [2.45, 2.75) is 32.4 Å². The summed E-state index contributed by atoms with van der Waals surface area (Å²) in [5.41, 5.74) is 0.765. The molecule has 0 saturated carbocycles. The summed E-state index contributed by atoms with van der Waals surface area (Å²) in [5, 5.41) is 6.72. The highest BCUT2D eigenvalue weighted by atomic mass is 16.5. The number of nitrogens with one attached hydrogen (secondary N) is 1. The second-order valence-electron chi connectivity index (χ2n) is 5.64. The van der Waals surface area contributed by atoms with E-state index in [0.29, 0.717) is 19.0 Å². The van der Waals surface area contributed by atoms with Crippen LogP contribution in [0.3, 0.4) is 0 Å². The van der Waals surface area contributed by atoms with Crippen LogP contribution in [0.15, 0.2) is 10.6 Å². The van der Waals surface area contributed by atoms with E-state index in [1.807, 2.05) is 13.0 Å². The summed E-state index contributed by atoms with van der Waals surface area (Å²) in [6.45, 7) is 5.31. The normalized spacial score (nSPS) is 19.7. The Bertz CT molecular complexity index is 446. The maximum absolute atomic E-state index is 11.8. The molecule has 1 aromatic rings. The maximum atomic E-state index is 11.8. The van der Waals surface area contributed by atoms with Gasteiger partial charge in [-0.05, 0) is 34.0 Å².